The Morgan fingerprint density at radius 1 is 1.39 bits per heavy atom. The molecule has 2 N–H and O–H groups in total. The van der Waals surface area contributed by atoms with Gasteiger partial charge in [0.1, 0.15) is 12.4 Å². The highest BCUT2D eigenvalue weighted by Crippen LogP contribution is 2.26. The lowest BCUT2D eigenvalue weighted by molar-refractivity contribution is 0.0261. The van der Waals surface area contributed by atoms with E-state index in [9.17, 15) is 0 Å². The van der Waals surface area contributed by atoms with Gasteiger partial charge < -0.3 is 15.2 Å². The van der Waals surface area contributed by atoms with Crippen LogP contribution in [-0.4, -0.2) is 25.4 Å². The zero-order valence-electron chi connectivity index (χ0n) is 11.3. The summed E-state index contributed by atoms with van der Waals surface area (Å²) in [5, 5.41) is 0. The van der Waals surface area contributed by atoms with Crippen molar-refractivity contribution in [3.8, 4) is 5.75 Å². The van der Waals surface area contributed by atoms with E-state index in [1.54, 1.807) is 0 Å². The quantitative estimate of drug-likeness (QED) is 0.871. The highest BCUT2D eigenvalue weighted by molar-refractivity contribution is 5.41. The first-order valence-electron chi connectivity index (χ1n) is 6.77. The Hall–Kier alpha value is -1.06. The average molecular weight is 249 g/mol. The third kappa shape index (κ3) is 3.24. The summed E-state index contributed by atoms with van der Waals surface area (Å²) < 4.78 is 11.7. The van der Waals surface area contributed by atoms with Gasteiger partial charge in [0.2, 0.25) is 0 Å². The molecular weight excluding hydrogens is 226 g/mol. The number of nitrogens with two attached hydrogens (primary N) is 1. The molecule has 1 aromatic carbocycles. The van der Waals surface area contributed by atoms with Crippen molar-refractivity contribution < 1.29 is 9.47 Å². The van der Waals surface area contributed by atoms with Crippen LogP contribution in [0.15, 0.2) is 18.2 Å². The standard InChI is InChI=1S/C15H23NO2/c1-11-4-3-5-13(8-9-16)15(11)17-10-14-7-6-12(2)18-14/h3-5,12,14H,6-10,16H2,1-2H3. The number of aryl methyl sites for hydroxylation is 1. The molecule has 2 rings (SSSR count). The maximum atomic E-state index is 5.97. The van der Waals surface area contributed by atoms with Crippen LogP contribution in [0, 0.1) is 6.92 Å². The molecule has 0 spiro atoms. The van der Waals surface area contributed by atoms with Crippen LogP contribution in [-0.2, 0) is 11.2 Å². The second-order valence-corrected chi connectivity index (χ2v) is 5.06. The van der Waals surface area contributed by atoms with Crippen LogP contribution in [0.2, 0.25) is 0 Å². The van der Waals surface area contributed by atoms with Gasteiger partial charge >= 0.3 is 0 Å². The Kier molecular flexibility index (Phi) is 4.61. The van der Waals surface area contributed by atoms with E-state index >= 15 is 0 Å². The summed E-state index contributed by atoms with van der Waals surface area (Å²) in [4.78, 5) is 0. The molecular formula is C15H23NO2. The normalized spacial score (nSPS) is 23.3. The van der Waals surface area contributed by atoms with E-state index in [0.29, 0.717) is 19.3 Å². The monoisotopic (exact) mass is 249 g/mol. The van der Waals surface area contributed by atoms with E-state index in [1.807, 2.05) is 0 Å². The molecule has 1 aliphatic rings. The second-order valence-electron chi connectivity index (χ2n) is 5.06. The zero-order valence-corrected chi connectivity index (χ0v) is 11.3. The lowest BCUT2D eigenvalue weighted by Gasteiger charge is -2.17. The van der Waals surface area contributed by atoms with Gasteiger partial charge in [-0.05, 0) is 50.8 Å². The topological polar surface area (TPSA) is 44.5 Å². The molecule has 0 amide bonds. The van der Waals surface area contributed by atoms with Crippen LogP contribution in [0.4, 0.5) is 0 Å². The number of rotatable bonds is 5. The molecule has 100 valence electrons. The van der Waals surface area contributed by atoms with Crippen molar-refractivity contribution in [1.82, 2.24) is 0 Å². The molecule has 0 aliphatic carbocycles. The largest absolute Gasteiger partial charge is 0.490 e. The fourth-order valence-electron chi connectivity index (χ4n) is 2.46. The van der Waals surface area contributed by atoms with E-state index in [1.165, 1.54) is 11.1 Å². The third-order valence-electron chi connectivity index (χ3n) is 3.44. The summed E-state index contributed by atoms with van der Waals surface area (Å²) in [7, 11) is 0. The van der Waals surface area contributed by atoms with Crippen LogP contribution in [0.25, 0.3) is 0 Å². The summed E-state index contributed by atoms with van der Waals surface area (Å²) >= 11 is 0. The van der Waals surface area contributed by atoms with Gasteiger partial charge in [-0.1, -0.05) is 18.2 Å². The lowest BCUT2D eigenvalue weighted by Crippen LogP contribution is -2.19. The maximum absolute atomic E-state index is 5.97. The van der Waals surface area contributed by atoms with E-state index < -0.39 is 0 Å². The van der Waals surface area contributed by atoms with E-state index in [4.69, 9.17) is 15.2 Å². The first kappa shape index (κ1) is 13.4. The van der Waals surface area contributed by atoms with Crippen molar-refractivity contribution in [2.24, 2.45) is 5.73 Å². The van der Waals surface area contributed by atoms with Crippen molar-refractivity contribution >= 4 is 0 Å². The van der Waals surface area contributed by atoms with Crippen molar-refractivity contribution in [2.75, 3.05) is 13.2 Å². The molecule has 1 heterocycles. The van der Waals surface area contributed by atoms with Gasteiger partial charge in [0.15, 0.2) is 0 Å². The SMILES string of the molecule is Cc1cccc(CCN)c1OCC1CCC(C)O1. The van der Waals surface area contributed by atoms with Crippen molar-refractivity contribution in [2.45, 2.75) is 45.3 Å². The van der Waals surface area contributed by atoms with Crippen LogP contribution in [0.3, 0.4) is 0 Å². The number of hydrogen-bond donors (Lipinski definition) is 1. The Balaban J connectivity index is 1.99. The number of benzene rings is 1. The molecule has 2 unspecified atom stereocenters. The van der Waals surface area contributed by atoms with Crippen molar-refractivity contribution in [3.63, 3.8) is 0 Å². The second kappa shape index (κ2) is 6.21. The fraction of sp³-hybridized carbons (Fsp3) is 0.600. The van der Waals surface area contributed by atoms with Crippen LogP contribution in [0.1, 0.15) is 30.9 Å². The number of hydrogen-bond acceptors (Lipinski definition) is 3. The van der Waals surface area contributed by atoms with Gasteiger partial charge in [0, 0.05) is 0 Å². The molecule has 18 heavy (non-hydrogen) atoms. The Morgan fingerprint density at radius 3 is 2.89 bits per heavy atom. The number of ether oxygens (including phenoxy) is 2. The molecule has 1 fully saturated rings. The highest BCUT2D eigenvalue weighted by atomic mass is 16.5. The van der Waals surface area contributed by atoms with Gasteiger partial charge in [-0.3, -0.25) is 0 Å². The zero-order chi connectivity index (χ0) is 13.0. The summed E-state index contributed by atoms with van der Waals surface area (Å²) in [6.07, 6.45) is 3.71. The summed E-state index contributed by atoms with van der Waals surface area (Å²) in [6.45, 7) is 5.49. The maximum Gasteiger partial charge on any atom is 0.125 e. The van der Waals surface area contributed by atoms with E-state index in [2.05, 4.69) is 32.0 Å². The Bertz CT molecular complexity index is 392. The molecule has 0 radical (unpaired) electrons. The fourth-order valence-corrected chi connectivity index (χ4v) is 2.46. The predicted octanol–water partition coefficient (Wildman–Crippen LogP) is 2.44. The minimum absolute atomic E-state index is 0.241. The minimum atomic E-state index is 0.241. The molecule has 3 nitrogen and oxygen atoms in total. The number of para-hydroxylation sites is 1. The molecule has 0 saturated carbocycles. The molecule has 1 saturated heterocycles. The van der Waals surface area contributed by atoms with Gasteiger partial charge in [-0.2, -0.15) is 0 Å². The smallest absolute Gasteiger partial charge is 0.125 e. The molecule has 2 atom stereocenters. The van der Waals surface area contributed by atoms with Gasteiger partial charge in [-0.15, -0.1) is 0 Å². The van der Waals surface area contributed by atoms with Crippen LogP contribution < -0.4 is 10.5 Å². The predicted molar refractivity (Wildman–Crippen MR) is 73.0 cm³/mol. The van der Waals surface area contributed by atoms with Gasteiger partial charge in [0.25, 0.3) is 0 Å². The lowest BCUT2D eigenvalue weighted by atomic mass is 10.1. The molecule has 1 aliphatic heterocycles. The molecule has 1 aromatic rings. The summed E-state index contributed by atoms with van der Waals surface area (Å²) in [5.74, 6) is 0.992. The first-order valence-corrected chi connectivity index (χ1v) is 6.77. The Morgan fingerprint density at radius 2 is 2.22 bits per heavy atom. The molecule has 3 heteroatoms. The van der Waals surface area contributed by atoms with E-state index in [-0.39, 0.29) is 6.10 Å². The first-order chi connectivity index (χ1) is 8.70. The van der Waals surface area contributed by atoms with Crippen LogP contribution >= 0.6 is 0 Å². The van der Waals surface area contributed by atoms with Gasteiger partial charge in [-0.25, -0.2) is 0 Å². The van der Waals surface area contributed by atoms with E-state index in [0.717, 1.165) is 25.0 Å². The third-order valence-corrected chi connectivity index (χ3v) is 3.44. The highest BCUT2D eigenvalue weighted by Gasteiger charge is 2.22. The summed E-state index contributed by atoms with van der Waals surface area (Å²) in [6, 6.07) is 6.22. The molecule has 0 aromatic heterocycles. The average Bonchev–Trinajstić information content (AvgIpc) is 2.75. The molecule has 0 bridgehead atoms. The minimum Gasteiger partial charge on any atom is -0.490 e. The Labute approximate surface area is 109 Å². The summed E-state index contributed by atoms with van der Waals surface area (Å²) in [5.41, 5.74) is 8.01. The van der Waals surface area contributed by atoms with Crippen molar-refractivity contribution in [1.29, 1.82) is 0 Å². The van der Waals surface area contributed by atoms with Crippen LogP contribution in [0.5, 0.6) is 5.75 Å². The van der Waals surface area contributed by atoms with Crippen molar-refractivity contribution in [3.05, 3.63) is 29.3 Å². The van der Waals surface area contributed by atoms with Gasteiger partial charge in [0.05, 0.1) is 12.2 Å².